The van der Waals surface area contributed by atoms with Gasteiger partial charge in [-0.1, -0.05) is 37.3 Å². The Morgan fingerprint density at radius 2 is 2.06 bits per heavy atom. The van der Waals surface area contributed by atoms with Crippen molar-refractivity contribution in [2.24, 2.45) is 5.92 Å². The lowest BCUT2D eigenvalue weighted by atomic mass is 10.0. The summed E-state index contributed by atoms with van der Waals surface area (Å²) in [5, 5.41) is 18.2. The number of nitrogens with zero attached hydrogens (tertiary/aromatic N) is 2. The van der Waals surface area contributed by atoms with Crippen LogP contribution in [0.25, 0.3) is 0 Å². The first kappa shape index (κ1) is 14.2. The van der Waals surface area contributed by atoms with Crippen LogP contribution in [0.15, 0.2) is 30.3 Å². The van der Waals surface area contributed by atoms with Crippen molar-refractivity contribution in [3.63, 3.8) is 0 Å². The lowest BCUT2D eigenvalue weighted by Crippen LogP contribution is -2.36. The molecule has 0 radical (unpaired) electrons. The van der Waals surface area contributed by atoms with Gasteiger partial charge in [0.25, 0.3) is 0 Å². The van der Waals surface area contributed by atoms with Gasteiger partial charge in [-0.25, -0.2) is 0 Å². The Bertz CT molecular complexity index is 425. The molecule has 1 aromatic rings. The Hall–Kier alpha value is -1.86. The third kappa shape index (κ3) is 3.57. The van der Waals surface area contributed by atoms with E-state index in [-0.39, 0.29) is 5.92 Å². The van der Waals surface area contributed by atoms with E-state index in [1.54, 1.807) is 19.1 Å². The summed E-state index contributed by atoms with van der Waals surface area (Å²) in [5.41, 5.74) is 0.747. The van der Waals surface area contributed by atoms with Crippen LogP contribution in [-0.2, 0) is 4.79 Å². The standard InChI is InChI=1S/C14H18N2O2/c1-3-16(10-11(2)9-15)13(14(17)18)12-7-5-4-6-8-12/h4-8,11,13H,3,10H2,1-2H3,(H,17,18). The van der Waals surface area contributed by atoms with Crippen LogP contribution in [0.1, 0.15) is 25.5 Å². The highest BCUT2D eigenvalue weighted by Crippen LogP contribution is 2.21. The molecule has 0 heterocycles. The average molecular weight is 246 g/mol. The molecule has 96 valence electrons. The zero-order valence-corrected chi connectivity index (χ0v) is 10.7. The molecule has 1 aromatic carbocycles. The van der Waals surface area contributed by atoms with Crippen molar-refractivity contribution in [3.05, 3.63) is 35.9 Å². The molecular weight excluding hydrogens is 228 g/mol. The van der Waals surface area contributed by atoms with E-state index in [0.29, 0.717) is 13.1 Å². The van der Waals surface area contributed by atoms with Crippen molar-refractivity contribution in [2.75, 3.05) is 13.1 Å². The topological polar surface area (TPSA) is 64.3 Å². The summed E-state index contributed by atoms with van der Waals surface area (Å²) in [6, 6.07) is 10.6. The van der Waals surface area contributed by atoms with E-state index < -0.39 is 12.0 Å². The van der Waals surface area contributed by atoms with Crippen molar-refractivity contribution >= 4 is 5.97 Å². The highest BCUT2D eigenvalue weighted by Gasteiger charge is 2.27. The molecule has 0 amide bonds. The second-order valence-corrected chi connectivity index (χ2v) is 4.27. The Labute approximate surface area is 107 Å². The van der Waals surface area contributed by atoms with E-state index in [1.807, 2.05) is 30.0 Å². The normalized spacial score (nSPS) is 13.9. The Morgan fingerprint density at radius 1 is 1.44 bits per heavy atom. The van der Waals surface area contributed by atoms with Gasteiger partial charge >= 0.3 is 5.97 Å². The smallest absolute Gasteiger partial charge is 0.325 e. The van der Waals surface area contributed by atoms with E-state index in [0.717, 1.165) is 5.56 Å². The van der Waals surface area contributed by atoms with Gasteiger partial charge in [-0.05, 0) is 19.0 Å². The Balaban J connectivity index is 2.97. The molecule has 0 saturated carbocycles. The molecule has 2 atom stereocenters. The molecule has 1 N–H and O–H groups in total. The van der Waals surface area contributed by atoms with Crippen LogP contribution in [-0.4, -0.2) is 29.1 Å². The zero-order chi connectivity index (χ0) is 13.5. The van der Waals surface area contributed by atoms with Gasteiger partial charge in [0.05, 0.1) is 12.0 Å². The molecule has 4 heteroatoms. The van der Waals surface area contributed by atoms with Crippen LogP contribution in [0.5, 0.6) is 0 Å². The molecule has 0 saturated heterocycles. The van der Waals surface area contributed by atoms with E-state index in [2.05, 4.69) is 6.07 Å². The van der Waals surface area contributed by atoms with Gasteiger partial charge in [0.1, 0.15) is 6.04 Å². The first-order valence-electron chi connectivity index (χ1n) is 6.01. The van der Waals surface area contributed by atoms with Crippen LogP contribution in [0.4, 0.5) is 0 Å². The molecule has 0 aliphatic heterocycles. The summed E-state index contributed by atoms with van der Waals surface area (Å²) in [6.07, 6.45) is 0. The second kappa shape index (κ2) is 6.77. The molecule has 0 fully saturated rings. The molecule has 18 heavy (non-hydrogen) atoms. The van der Waals surface area contributed by atoms with Crippen LogP contribution < -0.4 is 0 Å². The predicted molar refractivity (Wildman–Crippen MR) is 68.8 cm³/mol. The highest BCUT2D eigenvalue weighted by atomic mass is 16.4. The first-order valence-corrected chi connectivity index (χ1v) is 6.01. The highest BCUT2D eigenvalue weighted by molar-refractivity contribution is 5.75. The molecule has 1 rings (SSSR count). The molecular formula is C14H18N2O2. The number of likely N-dealkylation sites (N-methyl/N-ethyl adjacent to an activating group) is 1. The van der Waals surface area contributed by atoms with E-state index >= 15 is 0 Å². The van der Waals surface area contributed by atoms with E-state index in [1.165, 1.54) is 0 Å². The maximum atomic E-state index is 11.4. The third-order valence-corrected chi connectivity index (χ3v) is 2.85. The summed E-state index contributed by atoms with van der Waals surface area (Å²) in [6.45, 7) is 4.76. The van der Waals surface area contributed by atoms with Crippen molar-refractivity contribution < 1.29 is 9.90 Å². The molecule has 0 spiro atoms. The van der Waals surface area contributed by atoms with Crippen LogP contribution >= 0.6 is 0 Å². The molecule has 2 unspecified atom stereocenters. The third-order valence-electron chi connectivity index (χ3n) is 2.85. The predicted octanol–water partition coefficient (Wildman–Crippen LogP) is 2.29. The zero-order valence-electron chi connectivity index (χ0n) is 10.7. The summed E-state index contributed by atoms with van der Waals surface area (Å²) in [7, 11) is 0. The van der Waals surface area contributed by atoms with Gasteiger partial charge < -0.3 is 5.11 Å². The fourth-order valence-corrected chi connectivity index (χ4v) is 1.95. The fourth-order valence-electron chi connectivity index (χ4n) is 1.95. The average Bonchev–Trinajstić information content (AvgIpc) is 2.38. The van der Waals surface area contributed by atoms with Gasteiger partial charge in [0, 0.05) is 6.54 Å². The monoisotopic (exact) mass is 246 g/mol. The number of hydrogen-bond donors (Lipinski definition) is 1. The number of carboxylic acid groups (broad SMARTS) is 1. The van der Waals surface area contributed by atoms with Crippen molar-refractivity contribution in [1.82, 2.24) is 4.90 Å². The summed E-state index contributed by atoms with van der Waals surface area (Å²) in [4.78, 5) is 13.3. The van der Waals surface area contributed by atoms with Crippen molar-refractivity contribution in [1.29, 1.82) is 5.26 Å². The minimum Gasteiger partial charge on any atom is -0.480 e. The quantitative estimate of drug-likeness (QED) is 0.836. The lowest BCUT2D eigenvalue weighted by molar-refractivity contribution is -0.143. The lowest BCUT2D eigenvalue weighted by Gasteiger charge is -2.28. The summed E-state index contributed by atoms with van der Waals surface area (Å²) in [5.74, 6) is -1.07. The second-order valence-electron chi connectivity index (χ2n) is 4.27. The molecule has 0 aromatic heterocycles. The minimum absolute atomic E-state index is 0.185. The molecule has 0 aliphatic rings. The first-order chi connectivity index (χ1) is 8.60. The van der Waals surface area contributed by atoms with Gasteiger partial charge in [0.15, 0.2) is 0 Å². The SMILES string of the molecule is CCN(CC(C)C#N)C(C(=O)O)c1ccccc1. The summed E-state index contributed by atoms with van der Waals surface area (Å²) < 4.78 is 0. The molecule has 0 aliphatic carbocycles. The van der Waals surface area contributed by atoms with Crippen LogP contribution in [0.3, 0.4) is 0 Å². The maximum absolute atomic E-state index is 11.4. The minimum atomic E-state index is -0.881. The number of carbonyl (C=O) groups is 1. The molecule has 0 bridgehead atoms. The van der Waals surface area contributed by atoms with Crippen LogP contribution in [0, 0.1) is 17.2 Å². The Kier molecular flexibility index (Phi) is 5.34. The van der Waals surface area contributed by atoms with E-state index in [4.69, 9.17) is 5.26 Å². The number of hydrogen-bond acceptors (Lipinski definition) is 3. The van der Waals surface area contributed by atoms with Gasteiger partial charge in [-0.3, -0.25) is 9.69 Å². The van der Waals surface area contributed by atoms with E-state index in [9.17, 15) is 9.90 Å². The number of nitriles is 1. The molecule has 4 nitrogen and oxygen atoms in total. The Morgan fingerprint density at radius 3 is 2.50 bits per heavy atom. The number of carboxylic acids is 1. The van der Waals surface area contributed by atoms with Gasteiger partial charge in [-0.2, -0.15) is 5.26 Å². The number of rotatable bonds is 6. The largest absolute Gasteiger partial charge is 0.480 e. The maximum Gasteiger partial charge on any atom is 0.325 e. The number of aliphatic carboxylic acids is 1. The summed E-state index contributed by atoms with van der Waals surface area (Å²) >= 11 is 0. The fraction of sp³-hybridized carbons (Fsp3) is 0.429. The number of benzene rings is 1. The van der Waals surface area contributed by atoms with Crippen molar-refractivity contribution in [2.45, 2.75) is 19.9 Å². The van der Waals surface area contributed by atoms with Gasteiger partial charge in [0.2, 0.25) is 0 Å². The van der Waals surface area contributed by atoms with Crippen molar-refractivity contribution in [3.8, 4) is 6.07 Å². The van der Waals surface area contributed by atoms with Gasteiger partial charge in [-0.15, -0.1) is 0 Å². The van der Waals surface area contributed by atoms with Crippen LogP contribution in [0.2, 0.25) is 0 Å².